The first-order valence-corrected chi connectivity index (χ1v) is 9.80. The molecule has 26 heavy (non-hydrogen) atoms. The van der Waals surface area contributed by atoms with Gasteiger partial charge >= 0.3 is 0 Å². The number of thioether (sulfide) groups is 1. The van der Waals surface area contributed by atoms with Crippen LogP contribution < -0.4 is 5.32 Å². The number of imide groups is 1. The Balaban J connectivity index is 1.50. The topological polar surface area (TPSA) is 79.4 Å². The number of anilines is 1. The lowest BCUT2D eigenvalue weighted by Crippen LogP contribution is -2.37. The van der Waals surface area contributed by atoms with Crippen LogP contribution in [0.2, 0.25) is 0 Å². The maximum absolute atomic E-state index is 12.3. The highest BCUT2D eigenvalue weighted by atomic mass is 32.2. The zero-order valence-corrected chi connectivity index (χ0v) is 15.3. The summed E-state index contributed by atoms with van der Waals surface area (Å²) in [4.78, 5) is 43.4. The summed E-state index contributed by atoms with van der Waals surface area (Å²) in [5.41, 5.74) is 1.45. The number of nitrogens with one attached hydrogen (secondary N) is 1. The maximum Gasteiger partial charge on any atom is 0.262 e. The van der Waals surface area contributed by atoms with Gasteiger partial charge in [-0.2, -0.15) is 0 Å². The number of benzene rings is 2. The van der Waals surface area contributed by atoms with Crippen molar-refractivity contribution in [2.24, 2.45) is 0 Å². The van der Waals surface area contributed by atoms with Crippen molar-refractivity contribution in [1.29, 1.82) is 0 Å². The third kappa shape index (κ3) is 2.87. The Morgan fingerprint density at radius 3 is 2.50 bits per heavy atom. The first-order chi connectivity index (χ1) is 12.6. The number of amides is 3. The lowest BCUT2D eigenvalue weighted by molar-refractivity contribution is -0.116. The van der Waals surface area contributed by atoms with E-state index in [1.54, 1.807) is 36.0 Å². The molecule has 2 heterocycles. The molecule has 0 aliphatic carbocycles. The van der Waals surface area contributed by atoms with Gasteiger partial charge in [0.15, 0.2) is 5.13 Å². The number of fused-ring (bicyclic) bond motifs is 2. The smallest absolute Gasteiger partial charge is 0.262 e. The number of carbonyl (C=O) groups is 3. The van der Waals surface area contributed by atoms with Crippen molar-refractivity contribution in [1.82, 2.24) is 9.88 Å². The Labute approximate surface area is 157 Å². The minimum Gasteiger partial charge on any atom is -0.300 e. The van der Waals surface area contributed by atoms with Crippen molar-refractivity contribution < 1.29 is 14.4 Å². The molecule has 1 aliphatic rings. The first kappa shape index (κ1) is 16.7. The fourth-order valence-corrected chi connectivity index (χ4v) is 4.21. The fraction of sp³-hybridized carbons (Fsp3) is 0.111. The van der Waals surface area contributed by atoms with Crippen LogP contribution in [0.15, 0.2) is 47.4 Å². The van der Waals surface area contributed by atoms with Crippen LogP contribution in [0.3, 0.4) is 0 Å². The van der Waals surface area contributed by atoms with Crippen LogP contribution in [-0.2, 0) is 4.79 Å². The molecule has 3 aromatic rings. The highest BCUT2D eigenvalue weighted by Gasteiger charge is 2.36. The maximum atomic E-state index is 12.3. The minimum absolute atomic E-state index is 0.329. The molecule has 0 unspecified atom stereocenters. The molecule has 0 atom stereocenters. The van der Waals surface area contributed by atoms with E-state index in [0.717, 1.165) is 20.0 Å². The van der Waals surface area contributed by atoms with Crippen molar-refractivity contribution in [2.75, 3.05) is 18.1 Å². The summed E-state index contributed by atoms with van der Waals surface area (Å²) in [5.74, 6) is -1.35. The molecule has 4 rings (SSSR count). The number of nitrogens with zero attached hydrogens (tertiary/aromatic N) is 2. The van der Waals surface area contributed by atoms with Gasteiger partial charge in [0.2, 0.25) is 5.91 Å². The van der Waals surface area contributed by atoms with Gasteiger partial charge < -0.3 is 5.32 Å². The molecular weight excluding hydrogens is 370 g/mol. The Morgan fingerprint density at radius 1 is 1.15 bits per heavy atom. The van der Waals surface area contributed by atoms with Gasteiger partial charge in [-0.05, 0) is 36.6 Å². The third-order valence-corrected chi connectivity index (χ3v) is 5.68. The fourth-order valence-electron chi connectivity index (χ4n) is 2.77. The Bertz CT molecular complexity index is 1030. The second kappa shape index (κ2) is 6.54. The normalized spacial score (nSPS) is 13.3. The van der Waals surface area contributed by atoms with Crippen LogP contribution in [0, 0.1) is 0 Å². The summed E-state index contributed by atoms with van der Waals surface area (Å²) in [6.07, 6.45) is 1.99. The number of hydrogen-bond donors (Lipinski definition) is 1. The van der Waals surface area contributed by atoms with Crippen molar-refractivity contribution in [2.45, 2.75) is 4.90 Å². The zero-order chi connectivity index (χ0) is 18.3. The monoisotopic (exact) mass is 383 g/mol. The Kier molecular flexibility index (Phi) is 4.21. The average Bonchev–Trinajstić information content (AvgIpc) is 3.15. The van der Waals surface area contributed by atoms with Gasteiger partial charge in [-0.3, -0.25) is 19.3 Å². The molecule has 3 amide bonds. The second-order valence-corrected chi connectivity index (χ2v) is 7.55. The molecule has 0 saturated heterocycles. The SMILES string of the molecule is CSc1ccc2nc(NC(=O)CN3C(=O)c4ccccc4C3=O)sc2c1. The molecule has 0 radical (unpaired) electrons. The van der Waals surface area contributed by atoms with Crippen LogP contribution in [0.25, 0.3) is 10.2 Å². The van der Waals surface area contributed by atoms with Gasteiger partial charge in [-0.15, -0.1) is 11.8 Å². The molecule has 130 valence electrons. The van der Waals surface area contributed by atoms with Crippen LogP contribution in [0.1, 0.15) is 20.7 Å². The highest BCUT2D eigenvalue weighted by Crippen LogP contribution is 2.29. The Morgan fingerprint density at radius 2 is 1.85 bits per heavy atom. The summed E-state index contributed by atoms with van der Waals surface area (Å²) in [6, 6.07) is 12.4. The third-order valence-electron chi connectivity index (χ3n) is 4.02. The standard InChI is InChI=1S/C18H13N3O3S2/c1-25-10-6-7-13-14(8-10)26-18(19-13)20-15(22)9-21-16(23)11-4-2-3-5-12(11)17(21)24/h2-8H,9H2,1H3,(H,19,20,22). The quantitative estimate of drug-likeness (QED) is 0.553. The van der Waals surface area contributed by atoms with E-state index in [1.165, 1.54) is 11.3 Å². The average molecular weight is 383 g/mol. The highest BCUT2D eigenvalue weighted by molar-refractivity contribution is 7.98. The largest absolute Gasteiger partial charge is 0.300 e. The van der Waals surface area contributed by atoms with E-state index in [2.05, 4.69) is 10.3 Å². The summed E-state index contributed by atoms with van der Waals surface area (Å²) in [6.45, 7) is -0.335. The van der Waals surface area contributed by atoms with E-state index >= 15 is 0 Å². The molecule has 1 aromatic heterocycles. The van der Waals surface area contributed by atoms with Crippen LogP contribution in [-0.4, -0.2) is 40.4 Å². The molecule has 0 bridgehead atoms. The number of carbonyl (C=O) groups excluding carboxylic acids is 3. The molecule has 1 aliphatic heterocycles. The van der Waals surface area contributed by atoms with Gasteiger partial charge in [0.25, 0.3) is 11.8 Å². The van der Waals surface area contributed by atoms with E-state index in [4.69, 9.17) is 0 Å². The van der Waals surface area contributed by atoms with Crippen molar-refractivity contribution in [3.8, 4) is 0 Å². The molecule has 1 N–H and O–H groups in total. The van der Waals surface area contributed by atoms with Gasteiger partial charge in [0, 0.05) is 4.90 Å². The predicted molar refractivity (Wildman–Crippen MR) is 102 cm³/mol. The van der Waals surface area contributed by atoms with Gasteiger partial charge in [-0.25, -0.2) is 4.98 Å². The molecule has 0 saturated carbocycles. The minimum atomic E-state index is -0.455. The van der Waals surface area contributed by atoms with Gasteiger partial charge in [0.05, 0.1) is 21.3 Å². The molecule has 2 aromatic carbocycles. The lowest BCUT2D eigenvalue weighted by Gasteiger charge is -2.12. The van der Waals surface area contributed by atoms with Crippen molar-refractivity contribution in [3.05, 3.63) is 53.6 Å². The van der Waals surface area contributed by atoms with Crippen molar-refractivity contribution in [3.63, 3.8) is 0 Å². The van der Waals surface area contributed by atoms with E-state index in [0.29, 0.717) is 16.3 Å². The molecule has 0 spiro atoms. The lowest BCUT2D eigenvalue weighted by atomic mass is 10.1. The number of aromatic nitrogens is 1. The summed E-state index contributed by atoms with van der Waals surface area (Å²) in [5, 5.41) is 3.12. The zero-order valence-electron chi connectivity index (χ0n) is 13.7. The predicted octanol–water partition coefficient (Wildman–Crippen LogP) is 3.25. The first-order valence-electron chi connectivity index (χ1n) is 7.76. The molecule has 6 nitrogen and oxygen atoms in total. The van der Waals surface area contributed by atoms with E-state index in [1.807, 2.05) is 24.5 Å². The summed E-state index contributed by atoms with van der Waals surface area (Å²) in [7, 11) is 0. The van der Waals surface area contributed by atoms with Gasteiger partial charge in [0.1, 0.15) is 6.54 Å². The van der Waals surface area contributed by atoms with Gasteiger partial charge in [-0.1, -0.05) is 23.5 Å². The van der Waals surface area contributed by atoms with E-state index < -0.39 is 17.7 Å². The molecule has 8 heteroatoms. The van der Waals surface area contributed by atoms with E-state index in [9.17, 15) is 14.4 Å². The summed E-state index contributed by atoms with van der Waals surface area (Å²) >= 11 is 2.99. The summed E-state index contributed by atoms with van der Waals surface area (Å²) < 4.78 is 0.966. The van der Waals surface area contributed by atoms with E-state index in [-0.39, 0.29) is 6.54 Å². The number of thiazole rings is 1. The van der Waals surface area contributed by atoms with Crippen LogP contribution >= 0.6 is 23.1 Å². The van der Waals surface area contributed by atoms with Crippen LogP contribution in [0.5, 0.6) is 0 Å². The second-order valence-electron chi connectivity index (χ2n) is 5.64. The van der Waals surface area contributed by atoms with Crippen LogP contribution in [0.4, 0.5) is 5.13 Å². The Hall–Kier alpha value is -2.71. The number of hydrogen-bond acceptors (Lipinski definition) is 6. The molecular formula is C18H13N3O3S2. The van der Waals surface area contributed by atoms with Crippen molar-refractivity contribution >= 4 is 56.2 Å². The number of rotatable bonds is 4. The molecule has 0 fully saturated rings.